The molecule has 72 valence electrons. The van der Waals surface area contributed by atoms with Crippen LogP contribution in [0, 0.1) is 10.1 Å². The zero-order chi connectivity index (χ0) is 10.1. The minimum atomic E-state index is -0.486. The first-order valence-corrected chi connectivity index (χ1v) is 4.08. The van der Waals surface area contributed by atoms with Crippen LogP contribution in [-0.4, -0.2) is 17.3 Å². The molecule has 0 aliphatic carbocycles. The number of hydrogen-bond acceptors (Lipinski definition) is 4. The van der Waals surface area contributed by atoms with Crippen molar-refractivity contribution < 1.29 is 14.5 Å². The first-order chi connectivity index (χ1) is 6.66. The lowest BCUT2D eigenvalue weighted by Crippen LogP contribution is -2.20. The molecule has 0 N–H and O–H groups in total. The second kappa shape index (κ2) is 3.10. The van der Waals surface area contributed by atoms with Crippen molar-refractivity contribution in [3.05, 3.63) is 33.9 Å². The number of rotatable bonds is 1. The summed E-state index contributed by atoms with van der Waals surface area (Å²) in [4.78, 5) is 20.9. The number of non-ortho nitro benzene ring substituents is 1. The van der Waals surface area contributed by atoms with Crippen LogP contribution in [0.4, 0.5) is 5.69 Å². The fourth-order valence-electron chi connectivity index (χ4n) is 1.36. The number of ether oxygens (including phenoxy) is 1. The monoisotopic (exact) mass is 193 g/mol. The minimum absolute atomic E-state index is 0.00801. The molecule has 1 aliphatic heterocycles. The van der Waals surface area contributed by atoms with Crippen molar-refractivity contribution in [1.29, 1.82) is 0 Å². The highest BCUT2D eigenvalue weighted by Gasteiger charge is 2.19. The number of ketones is 1. The number of fused-ring (bicyclic) bond motifs is 1. The fraction of sp³-hybridized carbons (Fsp3) is 0.222. The van der Waals surface area contributed by atoms with Gasteiger partial charge in [-0.25, -0.2) is 0 Å². The maximum absolute atomic E-state index is 11.0. The van der Waals surface area contributed by atoms with Crippen molar-refractivity contribution in [1.82, 2.24) is 0 Å². The van der Waals surface area contributed by atoms with E-state index in [1.807, 2.05) is 0 Å². The van der Waals surface area contributed by atoms with Gasteiger partial charge in [-0.1, -0.05) is 0 Å². The second-order valence-corrected chi connectivity index (χ2v) is 3.05. The number of benzene rings is 1. The molecule has 0 spiro atoms. The van der Waals surface area contributed by atoms with Crippen molar-refractivity contribution in [3.8, 4) is 5.75 Å². The Morgan fingerprint density at radius 3 is 2.93 bits per heavy atom. The molecular formula is C9H7NO4. The Bertz CT molecular complexity index is 413. The largest absolute Gasteiger partial charge is 0.485 e. The first kappa shape index (κ1) is 8.68. The van der Waals surface area contributed by atoms with Gasteiger partial charge in [0.05, 0.1) is 11.0 Å². The van der Waals surface area contributed by atoms with Crippen LogP contribution in [0.15, 0.2) is 18.2 Å². The van der Waals surface area contributed by atoms with Crippen LogP contribution in [0.25, 0.3) is 0 Å². The van der Waals surface area contributed by atoms with Gasteiger partial charge in [0.2, 0.25) is 0 Å². The average Bonchev–Trinajstić information content (AvgIpc) is 2.16. The zero-order valence-corrected chi connectivity index (χ0v) is 7.23. The predicted octanol–water partition coefficient (Wildman–Crippen LogP) is 1.10. The normalized spacial score (nSPS) is 14.4. The Balaban J connectivity index is 2.41. The molecular weight excluding hydrogens is 186 g/mol. The molecule has 5 heteroatoms. The molecule has 0 fully saturated rings. The highest BCUT2D eigenvalue weighted by atomic mass is 16.6. The smallest absolute Gasteiger partial charge is 0.273 e. The molecule has 0 saturated carbocycles. The first-order valence-electron chi connectivity index (χ1n) is 4.08. The van der Waals surface area contributed by atoms with Crippen molar-refractivity contribution >= 4 is 11.5 Å². The van der Waals surface area contributed by atoms with Crippen LogP contribution >= 0.6 is 0 Å². The third-order valence-corrected chi connectivity index (χ3v) is 2.04. The van der Waals surface area contributed by atoms with E-state index in [0.717, 1.165) is 0 Å². The third-order valence-electron chi connectivity index (χ3n) is 2.04. The van der Waals surface area contributed by atoms with Gasteiger partial charge in [0, 0.05) is 18.1 Å². The molecule has 0 saturated heterocycles. The van der Waals surface area contributed by atoms with Crippen molar-refractivity contribution in [3.63, 3.8) is 0 Å². The van der Waals surface area contributed by atoms with Gasteiger partial charge in [-0.15, -0.1) is 0 Å². The molecule has 5 nitrogen and oxygen atoms in total. The molecule has 1 aromatic rings. The highest BCUT2D eigenvalue weighted by Crippen LogP contribution is 2.27. The van der Waals surface area contributed by atoms with Crippen LogP contribution in [0.3, 0.4) is 0 Å². The van der Waals surface area contributed by atoms with Gasteiger partial charge in [-0.05, 0) is 6.07 Å². The Morgan fingerprint density at radius 2 is 2.21 bits per heavy atom. The molecule has 0 unspecified atom stereocenters. The number of hydrogen-bond donors (Lipinski definition) is 0. The maximum Gasteiger partial charge on any atom is 0.273 e. The summed E-state index contributed by atoms with van der Waals surface area (Å²) in [6, 6.07) is 4.28. The molecule has 14 heavy (non-hydrogen) atoms. The Labute approximate surface area is 79.4 Å². The average molecular weight is 193 g/mol. The molecule has 1 aromatic carbocycles. The van der Waals surface area contributed by atoms with E-state index in [0.29, 0.717) is 17.7 Å². The van der Waals surface area contributed by atoms with Crippen LogP contribution < -0.4 is 4.74 Å². The molecule has 0 bridgehead atoms. The van der Waals surface area contributed by atoms with Gasteiger partial charge in [0.15, 0.2) is 5.78 Å². The number of Topliss-reactive ketones (excluding diaryl/α,β-unsaturated/α-hetero) is 1. The minimum Gasteiger partial charge on any atom is -0.485 e. The summed E-state index contributed by atoms with van der Waals surface area (Å²) >= 11 is 0. The van der Waals surface area contributed by atoms with E-state index < -0.39 is 4.92 Å². The SMILES string of the molecule is O=C1COc2cc([N+](=O)[O-])ccc2C1. The van der Waals surface area contributed by atoms with Crippen LogP contribution in [-0.2, 0) is 11.2 Å². The third kappa shape index (κ3) is 1.44. The van der Waals surface area contributed by atoms with Gasteiger partial charge in [-0.3, -0.25) is 14.9 Å². The lowest BCUT2D eigenvalue weighted by Gasteiger charge is -2.15. The lowest BCUT2D eigenvalue weighted by atomic mass is 10.1. The number of nitrogens with zero attached hydrogens (tertiary/aromatic N) is 1. The van der Waals surface area contributed by atoms with Gasteiger partial charge in [-0.2, -0.15) is 0 Å². The molecule has 0 atom stereocenters. The molecule has 1 heterocycles. The summed E-state index contributed by atoms with van der Waals surface area (Å²) in [5.41, 5.74) is 0.699. The van der Waals surface area contributed by atoms with Gasteiger partial charge in [0.25, 0.3) is 5.69 Å². The van der Waals surface area contributed by atoms with E-state index in [-0.39, 0.29) is 18.1 Å². The van der Waals surface area contributed by atoms with E-state index in [2.05, 4.69) is 0 Å². The quantitative estimate of drug-likeness (QED) is 0.494. The predicted molar refractivity (Wildman–Crippen MR) is 47.3 cm³/mol. The number of carbonyl (C=O) groups excluding carboxylic acids is 1. The van der Waals surface area contributed by atoms with Crippen LogP contribution in [0.5, 0.6) is 5.75 Å². The molecule has 1 aliphatic rings. The topological polar surface area (TPSA) is 69.4 Å². The summed E-state index contributed by atoms with van der Waals surface area (Å²) in [5, 5.41) is 10.4. The number of nitro groups is 1. The summed E-state index contributed by atoms with van der Waals surface area (Å²) < 4.78 is 5.07. The molecule has 0 amide bonds. The fourth-order valence-corrected chi connectivity index (χ4v) is 1.36. The standard InChI is InChI=1S/C9H7NO4/c11-8-3-6-1-2-7(10(12)13)4-9(6)14-5-8/h1-2,4H,3,5H2. The molecule has 2 rings (SSSR count). The van der Waals surface area contributed by atoms with E-state index in [4.69, 9.17) is 4.74 Å². The lowest BCUT2D eigenvalue weighted by molar-refractivity contribution is -0.385. The summed E-state index contributed by atoms with van der Waals surface area (Å²) in [6.07, 6.45) is 0.299. The molecule has 0 radical (unpaired) electrons. The Kier molecular flexibility index (Phi) is 1.92. The van der Waals surface area contributed by atoms with E-state index in [9.17, 15) is 14.9 Å². The van der Waals surface area contributed by atoms with E-state index in [1.165, 1.54) is 12.1 Å². The van der Waals surface area contributed by atoms with Crippen LogP contribution in [0.1, 0.15) is 5.56 Å². The highest BCUT2D eigenvalue weighted by molar-refractivity contribution is 5.84. The van der Waals surface area contributed by atoms with E-state index in [1.54, 1.807) is 6.07 Å². The van der Waals surface area contributed by atoms with Crippen molar-refractivity contribution in [2.45, 2.75) is 6.42 Å². The Morgan fingerprint density at radius 1 is 1.43 bits per heavy atom. The number of nitro benzene ring substituents is 1. The van der Waals surface area contributed by atoms with E-state index >= 15 is 0 Å². The zero-order valence-electron chi connectivity index (χ0n) is 7.23. The van der Waals surface area contributed by atoms with Crippen molar-refractivity contribution in [2.75, 3.05) is 6.61 Å². The number of carbonyl (C=O) groups is 1. The summed E-state index contributed by atoms with van der Waals surface area (Å²) in [5.74, 6) is 0.435. The summed E-state index contributed by atoms with van der Waals surface area (Å²) in [7, 11) is 0. The molecule has 0 aromatic heterocycles. The second-order valence-electron chi connectivity index (χ2n) is 3.05. The van der Waals surface area contributed by atoms with Crippen LogP contribution in [0.2, 0.25) is 0 Å². The Hall–Kier alpha value is -1.91. The van der Waals surface area contributed by atoms with Gasteiger partial charge >= 0.3 is 0 Å². The van der Waals surface area contributed by atoms with Crippen molar-refractivity contribution in [2.24, 2.45) is 0 Å². The van der Waals surface area contributed by atoms with Gasteiger partial charge < -0.3 is 4.74 Å². The maximum atomic E-state index is 11.0. The van der Waals surface area contributed by atoms with Gasteiger partial charge in [0.1, 0.15) is 12.4 Å². The summed E-state index contributed by atoms with van der Waals surface area (Å²) in [6.45, 7) is 0.00810.